The molecule has 9 rings (SSSR count). The lowest BCUT2D eigenvalue weighted by Gasteiger charge is -2.29. The van der Waals surface area contributed by atoms with Crippen molar-refractivity contribution in [1.82, 2.24) is 25.9 Å². The summed E-state index contributed by atoms with van der Waals surface area (Å²) in [7, 11) is 0. The van der Waals surface area contributed by atoms with Crippen molar-refractivity contribution in [3.63, 3.8) is 0 Å². The van der Waals surface area contributed by atoms with Crippen molar-refractivity contribution in [2.24, 2.45) is 11.8 Å². The lowest BCUT2D eigenvalue weighted by Crippen LogP contribution is -2.30. The van der Waals surface area contributed by atoms with Crippen LogP contribution in [0, 0.1) is 11.8 Å². The molecule has 2 aliphatic heterocycles. The number of fused-ring (bicyclic) bond motifs is 4. The molecular formula is C42H41N5O5. The van der Waals surface area contributed by atoms with E-state index >= 15 is 0 Å². The summed E-state index contributed by atoms with van der Waals surface area (Å²) in [6, 6.07) is 25.6. The molecule has 264 valence electrons. The summed E-state index contributed by atoms with van der Waals surface area (Å²) >= 11 is 0. The number of ether oxygens (including phenoxy) is 1. The molecule has 52 heavy (non-hydrogen) atoms. The molecular weight excluding hydrogens is 654 g/mol. The summed E-state index contributed by atoms with van der Waals surface area (Å²) in [5.74, 6) is 0.935. The molecule has 0 radical (unpaired) electrons. The Hall–Kier alpha value is -5.58. The van der Waals surface area contributed by atoms with Crippen molar-refractivity contribution in [3.8, 4) is 11.5 Å². The second-order valence-corrected chi connectivity index (χ2v) is 14.5. The Kier molecular flexibility index (Phi) is 8.20. The predicted octanol–water partition coefficient (Wildman–Crippen LogP) is 6.84. The third-order valence-electron chi connectivity index (χ3n) is 11.3. The van der Waals surface area contributed by atoms with Gasteiger partial charge in [0.2, 0.25) is 0 Å². The van der Waals surface area contributed by atoms with E-state index in [-0.39, 0.29) is 29.4 Å². The Morgan fingerprint density at radius 1 is 0.654 bits per heavy atom. The largest absolute Gasteiger partial charge is 0.508 e. The number of benzene rings is 4. The Labute approximate surface area is 300 Å². The lowest BCUT2D eigenvalue weighted by molar-refractivity contribution is 0.0456. The van der Waals surface area contributed by atoms with Crippen molar-refractivity contribution < 1.29 is 24.5 Å². The number of H-pyrrole nitrogens is 2. The average Bonchev–Trinajstić information content (AvgIpc) is 3.88. The van der Waals surface area contributed by atoms with Crippen molar-refractivity contribution in [1.29, 1.82) is 0 Å². The van der Waals surface area contributed by atoms with Gasteiger partial charge >= 0.3 is 5.97 Å². The van der Waals surface area contributed by atoms with E-state index in [9.17, 15) is 19.8 Å². The average molecular weight is 696 g/mol. The minimum absolute atomic E-state index is 0.113. The third-order valence-corrected chi connectivity index (χ3v) is 11.3. The van der Waals surface area contributed by atoms with E-state index in [4.69, 9.17) is 4.74 Å². The van der Waals surface area contributed by atoms with Crippen LogP contribution in [-0.4, -0.2) is 45.1 Å². The number of carbonyl (C=O) groups is 2. The molecule has 1 aliphatic carbocycles. The molecule has 1 fully saturated rings. The monoisotopic (exact) mass is 695 g/mol. The molecule has 7 N–H and O–H groups in total. The van der Waals surface area contributed by atoms with Gasteiger partial charge in [0.15, 0.2) is 6.10 Å². The molecule has 10 nitrogen and oxygen atoms in total. The first kappa shape index (κ1) is 32.3. The summed E-state index contributed by atoms with van der Waals surface area (Å²) in [6.45, 7) is 3.09. The zero-order valence-electron chi connectivity index (χ0n) is 28.7. The Balaban J connectivity index is 0.819. The summed E-state index contributed by atoms with van der Waals surface area (Å²) < 4.78 is 5.89. The van der Waals surface area contributed by atoms with Gasteiger partial charge in [0.05, 0.1) is 11.6 Å². The number of hydrogen-bond donors (Lipinski definition) is 7. The highest BCUT2D eigenvalue weighted by Gasteiger charge is 2.36. The van der Waals surface area contributed by atoms with Gasteiger partial charge in [-0.25, -0.2) is 4.79 Å². The molecule has 2 aromatic heterocycles. The maximum atomic E-state index is 12.8. The van der Waals surface area contributed by atoms with Crippen molar-refractivity contribution in [2.45, 2.75) is 50.9 Å². The zero-order valence-corrected chi connectivity index (χ0v) is 28.7. The quantitative estimate of drug-likeness (QED) is 0.0776. The summed E-state index contributed by atoms with van der Waals surface area (Å²) in [5.41, 5.74) is 8.62. The third kappa shape index (κ3) is 5.78. The number of phenols is 2. The number of amides is 1. The van der Waals surface area contributed by atoms with Crippen LogP contribution < -0.4 is 16.0 Å². The van der Waals surface area contributed by atoms with Gasteiger partial charge in [-0.15, -0.1) is 0 Å². The Bertz CT molecular complexity index is 2170. The van der Waals surface area contributed by atoms with Crippen LogP contribution in [0.5, 0.6) is 11.5 Å². The number of carbonyl (C=O) groups excluding carboxylic acids is 2. The van der Waals surface area contributed by atoms with Gasteiger partial charge in [-0.2, -0.15) is 0 Å². The van der Waals surface area contributed by atoms with Crippen molar-refractivity contribution >= 4 is 33.7 Å². The predicted molar refractivity (Wildman–Crippen MR) is 198 cm³/mol. The van der Waals surface area contributed by atoms with Gasteiger partial charge in [0.1, 0.15) is 11.5 Å². The molecule has 0 bridgehead atoms. The van der Waals surface area contributed by atoms with Crippen LogP contribution in [0.15, 0.2) is 84.9 Å². The van der Waals surface area contributed by atoms with E-state index in [1.807, 2.05) is 36.4 Å². The molecule has 0 spiro atoms. The van der Waals surface area contributed by atoms with Gasteiger partial charge in [-0.3, -0.25) is 4.79 Å². The Morgan fingerprint density at radius 3 is 1.83 bits per heavy atom. The van der Waals surface area contributed by atoms with Gasteiger partial charge in [0.25, 0.3) is 5.91 Å². The normalized spacial score (nSPS) is 21.0. The SMILES string of the molecule is O=C1N[C@@H](c2c(CNCC3CCC(CNCc4[nH]c5ccccc5c4[C@@H]4OC(=O)c5ccc(O)cc54)CC3)[nH]c3ccccc23)c2cc(O)ccc21. The number of phenolic OH excluding ortho intramolecular Hbond substituents is 2. The molecule has 2 atom stereocenters. The molecule has 4 aromatic carbocycles. The molecule has 4 heterocycles. The molecule has 0 unspecified atom stereocenters. The Morgan fingerprint density at radius 2 is 1.19 bits per heavy atom. The fraction of sp³-hybridized carbons (Fsp3) is 0.286. The molecule has 10 heteroatoms. The number of para-hydroxylation sites is 2. The first-order valence-electron chi connectivity index (χ1n) is 18.2. The molecule has 6 aromatic rings. The van der Waals surface area contributed by atoms with E-state index < -0.39 is 6.10 Å². The van der Waals surface area contributed by atoms with Crippen LogP contribution >= 0.6 is 0 Å². The summed E-state index contributed by atoms with van der Waals surface area (Å²) in [5, 5.41) is 33.1. The fourth-order valence-corrected chi connectivity index (χ4v) is 8.70. The number of cyclic esters (lactones) is 1. The minimum atomic E-state index is -0.577. The molecule has 1 amide bonds. The van der Waals surface area contributed by atoms with Gasteiger partial charge < -0.3 is 40.9 Å². The van der Waals surface area contributed by atoms with Crippen LogP contribution in [0.25, 0.3) is 21.8 Å². The number of hydrogen-bond acceptors (Lipinski definition) is 7. The van der Waals surface area contributed by atoms with Crippen LogP contribution in [0.2, 0.25) is 0 Å². The highest BCUT2D eigenvalue weighted by molar-refractivity contribution is 6.01. The number of esters is 1. The van der Waals surface area contributed by atoms with Crippen LogP contribution in [0.3, 0.4) is 0 Å². The van der Waals surface area contributed by atoms with Crippen LogP contribution in [0.4, 0.5) is 0 Å². The number of nitrogens with one attached hydrogen (secondary N) is 5. The van der Waals surface area contributed by atoms with Crippen molar-refractivity contribution in [2.75, 3.05) is 13.1 Å². The lowest BCUT2D eigenvalue weighted by atomic mass is 9.82. The fourth-order valence-electron chi connectivity index (χ4n) is 8.70. The number of aromatic amines is 2. The zero-order chi connectivity index (χ0) is 35.3. The van der Waals surface area contributed by atoms with Gasteiger partial charge in [0, 0.05) is 68.5 Å². The highest BCUT2D eigenvalue weighted by atomic mass is 16.5. The molecule has 1 saturated carbocycles. The van der Waals surface area contributed by atoms with Crippen molar-refractivity contribution in [3.05, 3.63) is 130 Å². The van der Waals surface area contributed by atoms with E-state index in [1.165, 1.54) is 6.07 Å². The summed E-state index contributed by atoms with van der Waals surface area (Å²) in [4.78, 5) is 32.7. The highest BCUT2D eigenvalue weighted by Crippen LogP contribution is 2.42. The minimum Gasteiger partial charge on any atom is -0.508 e. The number of aromatic nitrogens is 2. The topological polar surface area (TPSA) is 152 Å². The molecule has 3 aliphatic rings. The second kappa shape index (κ2) is 13.2. The van der Waals surface area contributed by atoms with E-state index in [0.717, 1.165) is 88.7 Å². The van der Waals surface area contributed by atoms with Gasteiger partial charge in [-0.1, -0.05) is 36.4 Å². The van der Waals surface area contributed by atoms with Gasteiger partial charge in [-0.05, 0) is 105 Å². The maximum Gasteiger partial charge on any atom is 0.339 e. The second-order valence-electron chi connectivity index (χ2n) is 14.5. The van der Waals surface area contributed by atoms with E-state index in [0.29, 0.717) is 41.6 Å². The number of rotatable bonds is 10. The van der Waals surface area contributed by atoms with Crippen LogP contribution in [-0.2, 0) is 17.8 Å². The smallest absolute Gasteiger partial charge is 0.339 e. The first-order valence-corrected chi connectivity index (χ1v) is 18.2. The maximum absolute atomic E-state index is 12.8. The van der Waals surface area contributed by atoms with Crippen LogP contribution in [0.1, 0.15) is 92.2 Å². The molecule has 0 saturated heterocycles. The van der Waals surface area contributed by atoms with E-state index in [1.54, 1.807) is 30.3 Å². The standard InChI is InChI=1S/C42H41N5O5/c48-25-13-15-27-31(17-25)39(47-41(27)50)37-29-5-1-3-7-33(29)45-35(37)21-43-19-23-9-11-24(12-10-23)20-44-22-36-38(30-6-2-4-8-34(30)46-36)40-32-18-26(49)14-16-28(32)42(51)52-40/h1-8,13-18,23-24,39-40,43-46,48-49H,9-12,19-22H2,(H,47,50)/t23?,24?,39-,40-/m1/s1. The number of aromatic hydroxyl groups is 2. The van der Waals surface area contributed by atoms with E-state index in [2.05, 4.69) is 38.1 Å². The summed E-state index contributed by atoms with van der Waals surface area (Å²) in [6.07, 6.45) is 4.03. The first-order chi connectivity index (χ1) is 25.4.